The molecule has 8 heteroatoms. The fourth-order valence-electron chi connectivity index (χ4n) is 2.31. The first kappa shape index (κ1) is 17.7. The maximum Gasteiger partial charge on any atom is 0.306 e. The molecule has 1 aromatic rings. The molecule has 0 unspecified atom stereocenters. The van der Waals surface area contributed by atoms with Crippen LogP contribution in [-0.2, 0) is 14.3 Å². The molecule has 1 fully saturated rings. The molecule has 0 spiro atoms. The van der Waals surface area contributed by atoms with Crippen molar-refractivity contribution < 1.29 is 28.6 Å². The minimum Gasteiger partial charge on any atom is -0.481 e. The maximum absolute atomic E-state index is 13.1. The number of morpholine rings is 1. The standard InChI is InChI=1S/C15H17BrFNO5/c1-9(23-13-3-2-10(17)6-12(13)16)15(21)18-4-5-22-11(8-18)7-14(19)20/h2-3,6,9,11H,4-5,7-8H2,1H3,(H,19,20)/t9-,11+/m1/s1. The summed E-state index contributed by atoms with van der Waals surface area (Å²) in [7, 11) is 0. The molecule has 1 saturated heterocycles. The average molecular weight is 390 g/mol. The summed E-state index contributed by atoms with van der Waals surface area (Å²) in [5.41, 5.74) is 0. The monoisotopic (exact) mass is 389 g/mol. The number of benzene rings is 1. The quantitative estimate of drug-likeness (QED) is 0.833. The Kier molecular flexibility index (Phi) is 5.95. The zero-order valence-electron chi connectivity index (χ0n) is 12.5. The van der Waals surface area contributed by atoms with Gasteiger partial charge in [0.2, 0.25) is 0 Å². The van der Waals surface area contributed by atoms with Crippen molar-refractivity contribution in [1.82, 2.24) is 4.90 Å². The Hall–Kier alpha value is -1.67. The minimum atomic E-state index is -0.969. The van der Waals surface area contributed by atoms with Gasteiger partial charge in [0.25, 0.3) is 5.91 Å². The predicted molar refractivity (Wildman–Crippen MR) is 82.8 cm³/mol. The van der Waals surface area contributed by atoms with Crippen LogP contribution < -0.4 is 4.74 Å². The number of amides is 1. The molecule has 0 aliphatic carbocycles. The van der Waals surface area contributed by atoms with Gasteiger partial charge in [0.05, 0.1) is 23.6 Å². The lowest BCUT2D eigenvalue weighted by Gasteiger charge is -2.33. The number of rotatable bonds is 5. The highest BCUT2D eigenvalue weighted by atomic mass is 79.9. The first-order chi connectivity index (χ1) is 10.9. The minimum absolute atomic E-state index is 0.150. The number of aliphatic carboxylic acids is 1. The first-order valence-corrected chi connectivity index (χ1v) is 7.90. The number of carboxylic acids is 1. The van der Waals surface area contributed by atoms with Crippen LogP contribution in [0.5, 0.6) is 5.75 Å². The van der Waals surface area contributed by atoms with E-state index in [1.54, 1.807) is 6.92 Å². The smallest absolute Gasteiger partial charge is 0.306 e. The van der Waals surface area contributed by atoms with E-state index in [1.807, 2.05) is 0 Å². The van der Waals surface area contributed by atoms with Crippen molar-refractivity contribution >= 4 is 27.8 Å². The van der Waals surface area contributed by atoms with Crippen molar-refractivity contribution in [3.05, 3.63) is 28.5 Å². The summed E-state index contributed by atoms with van der Waals surface area (Å²) < 4.78 is 24.4. The SMILES string of the molecule is C[C@@H](Oc1ccc(F)cc1Br)C(=O)N1CCO[C@@H](CC(=O)O)C1. The van der Waals surface area contributed by atoms with Crippen LogP contribution in [0.2, 0.25) is 0 Å². The van der Waals surface area contributed by atoms with Crippen LogP contribution in [-0.4, -0.2) is 53.8 Å². The summed E-state index contributed by atoms with van der Waals surface area (Å²) in [4.78, 5) is 24.7. The second-order valence-electron chi connectivity index (χ2n) is 5.21. The maximum atomic E-state index is 13.1. The van der Waals surface area contributed by atoms with Crippen LogP contribution in [0.3, 0.4) is 0 Å². The molecule has 1 aliphatic rings. The van der Waals surface area contributed by atoms with Crippen LogP contribution in [0.25, 0.3) is 0 Å². The third kappa shape index (κ3) is 4.90. The lowest BCUT2D eigenvalue weighted by Crippen LogP contribution is -2.50. The molecule has 0 aromatic heterocycles. The van der Waals surface area contributed by atoms with Gasteiger partial charge in [-0.2, -0.15) is 0 Å². The normalized spacial score (nSPS) is 19.3. The van der Waals surface area contributed by atoms with Crippen molar-refractivity contribution in [2.24, 2.45) is 0 Å². The molecule has 1 aromatic carbocycles. The van der Waals surface area contributed by atoms with E-state index in [0.29, 0.717) is 16.8 Å². The summed E-state index contributed by atoms with van der Waals surface area (Å²) >= 11 is 3.18. The van der Waals surface area contributed by atoms with Gasteiger partial charge in [-0.3, -0.25) is 9.59 Å². The Morgan fingerprint density at radius 2 is 2.30 bits per heavy atom. The lowest BCUT2D eigenvalue weighted by atomic mass is 10.2. The third-order valence-corrected chi connectivity index (χ3v) is 4.02. The molecular formula is C15H17BrFNO5. The zero-order chi connectivity index (χ0) is 17.0. The van der Waals surface area contributed by atoms with Crippen LogP contribution in [0, 0.1) is 5.82 Å². The van der Waals surface area contributed by atoms with Crippen molar-refractivity contribution in [1.29, 1.82) is 0 Å². The van der Waals surface area contributed by atoms with E-state index in [0.717, 1.165) is 0 Å². The van der Waals surface area contributed by atoms with Gasteiger partial charge in [-0.15, -0.1) is 0 Å². The van der Waals surface area contributed by atoms with E-state index < -0.39 is 24.0 Å². The summed E-state index contributed by atoms with van der Waals surface area (Å²) in [6, 6.07) is 3.94. The zero-order valence-corrected chi connectivity index (χ0v) is 14.1. The molecule has 23 heavy (non-hydrogen) atoms. The molecule has 1 N–H and O–H groups in total. The number of carboxylic acid groups (broad SMARTS) is 1. The molecule has 126 valence electrons. The van der Waals surface area contributed by atoms with Crippen LogP contribution >= 0.6 is 15.9 Å². The number of hydrogen-bond acceptors (Lipinski definition) is 4. The van der Waals surface area contributed by atoms with Crippen molar-refractivity contribution in [3.63, 3.8) is 0 Å². The number of carbonyl (C=O) groups excluding carboxylic acids is 1. The third-order valence-electron chi connectivity index (χ3n) is 3.40. The highest BCUT2D eigenvalue weighted by Gasteiger charge is 2.29. The fourth-order valence-corrected chi connectivity index (χ4v) is 2.75. The molecule has 1 amide bonds. The van der Waals surface area contributed by atoms with E-state index in [9.17, 15) is 14.0 Å². The molecule has 0 saturated carbocycles. The van der Waals surface area contributed by atoms with Crippen LogP contribution in [0.15, 0.2) is 22.7 Å². The summed E-state index contributed by atoms with van der Waals surface area (Å²) in [5.74, 6) is -1.28. The van der Waals surface area contributed by atoms with E-state index in [4.69, 9.17) is 14.6 Å². The number of ether oxygens (including phenoxy) is 2. The van der Waals surface area contributed by atoms with E-state index >= 15 is 0 Å². The number of halogens is 2. The van der Waals surface area contributed by atoms with Gasteiger partial charge < -0.3 is 19.5 Å². The summed E-state index contributed by atoms with van der Waals surface area (Å²) in [6.45, 7) is 2.48. The van der Waals surface area contributed by atoms with Gasteiger partial charge in [0.1, 0.15) is 11.6 Å². The van der Waals surface area contributed by atoms with Gasteiger partial charge >= 0.3 is 5.97 Å². The van der Waals surface area contributed by atoms with Gasteiger partial charge in [-0.1, -0.05) is 0 Å². The molecule has 0 radical (unpaired) electrons. The molecule has 6 nitrogen and oxygen atoms in total. The molecule has 2 atom stereocenters. The summed E-state index contributed by atoms with van der Waals surface area (Å²) in [6.07, 6.45) is -1.45. The Morgan fingerprint density at radius 1 is 1.57 bits per heavy atom. The van der Waals surface area contributed by atoms with Crippen molar-refractivity contribution in [2.75, 3.05) is 19.7 Å². The topological polar surface area (TPSA) is 76.1 Å². The highest BCUT2D eigenvalue weighted by Crippen LogP contribution is 2.26. The Balaban J connectivity index is 1.97. The van der Waals surface area contributed by atoms with Crippen LogP contribution in [0.4, 0.5) is 4.39 Å². The molecule has 1 aliphatic heterocycles. The largest absolute Gasteiger partial charge is 0.481 e. The molecule has 0 bridgehead atoms. The van der Waals surface area contributed by atoms with Gasteiger partial charge in [-0.05, 0) is 41.1 Å². The Bertz CT molecular complexity index is 597. The second-order valence-corrected chi connectivity index (χ2v) is 6.06. The Morgan fingerprint density at radius 3 is 2.96 bits per heavy atom. The molecule has 2 rings (SSSR count). The molecular weight excluding hydrogens is 373 g/mol. The predicted octanol–water partition coefficient (Wildman–Crippen LogP) is 2.06. The van der Waals surface area contributed by atoms with E-state index in [2.05, 4.69) is 15.9 Å². The van der Waals surface area contributed by atoms with Crippen LogP contribution in [0.1, 0.15) is 13.3 Å². The van der Waals surface area contributed by atoms with Crippen molar-refractivity contribution in [3.8, 4) is 5.75 Å². The van der Waals surface area contributed by atoms with Crippen molar-refractivity contribution in [2.45, 2.75) is 25.6 Å². The van der Waals surface area contributed by atoms with E-state index in [1.165, 1.54) is 23.1 Å². The Labute approximate surface area is 141 Å². The van der Waals surface area contributed by atoms with E-state index in [-0.39, 0.29) is 25.5 Å². The molecule has 1 heterocycles. The number of nitrogens with zero attached hydrogens (tertiary/aromatic N) is 1. The van der Waals surface area contributed by atoms with Gasteiger partial charge in [0.15, 0.2) is 6.10 Å². The lowest BCUT2D eigenvalue weighted by molar-refractivity contribution is -0.151. The highest BCUT2D eigenvalue weighted by molar-refractivity contribution is 9.10. The second kappa shape index (κ2) is 7.74. The number of hydrogen-bond donors (Lipinski definition) is 1. The summed E-state index contributed by atoms with van der Waals surface area (Å²) in [5, 5.41) is 8.80. The number of carbonyl (C=O) groups is 2. The fraction of sp³-hybridized carbons (Fsp3) is 0.467. The average Bonchev–Trinajstić information content (AvgIpc) is 2.49. The van der Waals surface area contributed by atoms with Gasteiger partial charge in [-0.25, -0.2) is 4.39 Å². The first-order valence-electron chi connectivity index (χ1n) is 7.10. The van der Waals surface area contributed by atoms with Gasteiger partial charge in [0, 0.05) is 13.1 Å².